The molecule has 0 unspecified atom stereocenters. The van der Waals surface area contributed by atoms with Crippen LogP contribution in [0.25, 0.3) is 10.9 Å². The minimum Gasteiger partial charge on any atom is -0.390 e. The second-order valence-electron chi connectivity index (χ2n) is 6.79. The number of benzene rings is 1. The minimum absolute atomic E-state index is 0.0142. The highest BCUT2D eigenvalue weighted by Crippen LogP contribution is 2.26. The van der Waals surface area contributed by atoms with Crippen molar-refractivity contribution in [2.75, 3.05) is 6.54 Å². The summed E-state index contributed by atoms with van der Waals surface area (Å²) in [6, 6.07) is 8.60. The van der Waals surface area contributed by atoms with Gasteiger partial charge in [-0.3, -0.25) is 9.58 Å². The van der Waals surface area contributed by atoms with Gasteiger partial charge in [0.15, 0.2) is 0 Å². The van der Waals surface area contributed by atoms with Crippen molar-refractivity contribution in [2.24, 2.45) is 0 Å². The van der Waals surface area contributed by atoms with E-state index in [1.54, 1.807) is 0 Å². The van der Waals surface area contributed by atoms with Gasteiger partial charge in [0.05, 0.1) is 23.5 Å². The molecule has 0 amide bonds. The second kappa shape index (κ2) is 6.07. The first kappa shape index (κ1) is 15.4. The number of aryl methyl sites for hydroxylation is 3. The summed E-state index contributed by atoms with van der Waals surface area (Å²) in [5.74, 6) is 0. The van der Waals surface area contributed by atoms with Crippen LogP contribution in [0.1, 0.15) is 34.6 Å². The fourth-order valence-electron chi connectivity index (χ4n) is 3.72. The molecule has 2 N–H and O–H groups in total. The van der Waals surface area contributed by atoms with Gasteiger partial charge in [-0.25, -0.2) is 0 Å². The number of nitrogens with one attached hydrogen (secondary N) is 1. The third kappa shape index (κ3) is 2.64. The van der Waals surface area contributed by atoms with E-state index in [0.29, 0.717) is 0 Å². The molecule has 0 fully saturated rings. The Kier molecular flexibility index (Phi) is 3.90. The Bertz CT molecular complexity index is 877. The van der Waals surface area contributed by atoms with Crippen molar-refractivity contribution in [3.63, 3.8) is 0 Å². The molecule has 126 valence electrons. The molecule has 0 aliphatic carbocycles. The molecule has 0 bridgehead atoms. The van der Waals surface area contributed by atoms with E-state index in [1.165, 1.54) is 33.4 Å². The molecule has 24 heavy (non-hydrogen) atoms. The number of hydrogen-bond donors (Lipinski definition) is 2. The van der Waals surface area contributed by atoms with Crippen LogP contribution in [0.2, 0.25) is 0 Å². The van der Waals surface area contributed by atoms with Gasteiger partial charge in [0, 0.05) is 37.3 Å². The SMILES string of the molecule is Cc1[nH]c2c(CN3CCCn4nc(CO)cc4C3)cccc2c1C. The van der Waals surface area contributed by atoms with Crippen molar-refractivity contribution < 1.29 is 5.11 Å². The number of hydrogen-bond acceptors (Lipinski definition) is 3. The number of nitrogens with zero attached hydrogens (tertiary/aromatic N) is 3. The molecule has 3 aromatic rings. The van der Waals surface area contributed by atoms with E-state index in [1.807, 2.05) is 6.07 Å². The number of para-hydroxylation sites is 1. The topological polar surface area (TPSA) is 57.1 Å². The molecular formula is C19H24N4O. The Balaban J connectivity index is 1.62. The summed E-state index contributed by atoms with van der Waals surface area (Å²) in [6.07, 6.45) is 1.08. The van der Waals surface area contributed by atoms with Gasteiger partial charge in [-0.1, -0.05) is 18.2 Å². The fourth-order valence-corrected chi connectivity index (χ4v) is 3.72. The van der Waals surface area contributed by atoms with Gasteiger partial charge in [-0.2, -0.15) is 5.10 Å². The molecular weight excluding hydrogens is 300 g/mol. The highest BCUT2D eigenvalue weighted by molar-refractivity contribution is 5.87. The van der Waals surface area contributed by atoms with Crippen molar-refractivity contribution in [3.8, 4) is 0 Å². The monoisotopic (exact) mass is 324 g/mol. The van der Waals surface area contributed by atoms with E-state index >= 15 is 0 Å². The third-order valence-electron chi connectivity index (χ3n) is 5.13. The molecule has 5 nitrogen and oxygen atoms in total. The Morgan fingerprint density at radius 2 is 2.12 bits per heavy atom. The highest BCUT2D eigenvalue weighted by atomic mass is 16.3. The third-order valence-corrected chi connectivity index (χ3v) is 5.13. The predicted octanol–water partition coefficient (Wildman–Crippen LogP) is 2.88. The quantitative estimate of drug-likeness (QED) is 0.779. The van der Waals surface area contributed by atoms with Crippen LogP contribution in [0.15, 0.2) is 24.3 Å². The Morgan fingerprint density at radius 1 is 1.25 bits per heavy atom. The van der Waals surface area contributed by atoms with E-state index in [9.17, 15) is 5.11 Å². The number of aliphatic hydroxyl groups is 1. The maximum absolute atomic E-state index is 9.31. The predicted molar refractivity (Wildman–Crippen MR) is 94.7 cm³/mol. The zero-order valence-corrected chi connectivity index (χ0v) is 14.3. The van der Waals surface area contributed by atoms with Crippen molar-refractivity contribution in [1.29, 1.82) is 0 Å². The van der Waals surface area contributed by atoms with Crippen LogP contribution >= 0.6 is 0 Å². The van der Waals surface area contributed by atoms with E-state index in [-0.39, 0.29) is 6.61 Å². The fraction of sp³-hybridized carbons (Fsp3) is 0.421. The second-order valence-corrected chi connectivity index (χ2v) is 6.79. The molecule has 3 heterocycles. The lowest BCUT2D eigenvalue weighted by atomic mass is 10.1. The van der Waals surface area contributed by atoms with Crippen LogP contribution in [0, 0.1) is 13.8 Å². The zero-order chi connectivity index (χ0) is 16.7. The standard InChI is InChI=1S/C19H24N4O/c1-13-14(2)20-19-15(5-3-6-18(13)19)10-22-7-4-8-23-17(11-22)9-16(12-24)21-23/h3,5-6,9,20,24H,4,7-8,10-12H2,1-2H3. The largest absolute Gasteiger partial charge is 0.390 e. The number of aromatic nitrogens is 3. The number of fused-ring (bicyclic) bond motifs is 2. The highest BCUT2D eigenvalue weighted by Gasteiger charge is 2.18. The summed E-state index contributed by atoms with van der Waals surface area (Å²) in [5, 5.41) is 15.1. The van der Waals surface area contributed by atoms with Gasteiger partial charge >= 0.3 is 0 Å². The van der Waals surface area contributed by atoms with Gasteiger partial charge in [0.25, 0.3) is 0 Å². The van der Waals surface area contributed by atoms with Crippen LogP contribution in [-0.4, -0.2) is 31.3 Å². The maximum atomic E-state index is 9.31. The molecule has 4 rings (SSSR count). The smallest absolute Gasteiger partial charge is 0.0882 e. The molecule has 1 aromatic carbocycles. The lowest BCUT2D eigenvalue weighted by molar-refractivity contribution is 0.260. The number of rotatable bonds is 3. The van der Waals surface area contributed by atoms with Gasteiger partial charge in [-0.05, 0) is 37.5 Å². The summed E-state index contributed by atoms with van der Waals surface area (Å²) in [7, 11) is 0. The van der Waals surface area contributed by atoms with E-state index in [2.05, 4.69) is 51.7 Å². The maximum Gasteiger partial charge on any atom is 0.0882 e. The Hall–Kier alpha value is -2.11. The van der Waals surface area contributed by atoms with E-state index in [4.69, 9.17) is 0 Å². The molecule has 2 aromatic heterocycles. The molecule has 0 atom stereocenters. The first-order chi connectivity index (χ1) is 11.7. The summed E-state index contributed by atoms with van der Waals surface area (Å²) in [5.41, 5.74) is 7.17. The van der Waals surface area contributed by atoms with E-state index in [0.717, 1.165) is 38.3 Å². The number of aliphatic hydroxyl groups excluding tert-OH is 1. The number of aromatic amines is 1. The average Bonchev–Trinajstić information content (AvgIpc) is 3.03. The first-order valence-electron chi connectivity index (χ1n) is 8.61. The molecule has 0 saturated carbocycles. The average molecular weight is 324 g/mol. The lowest BCUT2D eigenvalue weighted by Gasteiger charge is -2.20. The van der Waals surface area contributed by atoms with Crippen LogP contribution < -0.4 is 0 Å². The number of H-pyrrole nitrogens is 1. The normalized spacial score (nSPS) is 15.6. The molecule has 5 heteroatoms. The van der Waals surface area contributed by atoms with Crippen molar-refractivity contribution in [1.82, 2.24) is 19.7 Å². The summed E-state index contributed by atoms with van der Waals surface area (Å²) in [6.45, 7) is 8.13. The van der Waals surface area contributed by atoms with Crippen molar-refractivity contribution >= 4 is 10.9 Å². The zero-order valence-electron chi connectivity index (χ0n) is 14.3. The first-order valence-corrected chi connectivity index (χ1v) is 8.61. The summed E-state index contributed by atoms with van der Waals surface area (Å²) < 4.78 is 2.05. The van der Waals surface area contributed by atoms with Crippen LogP contribution in [0.4, 0.5) is 0 Å². The van der Waals surface area contributed by atoms with Crippen LogP contribution in [0.3, 0.4) is 0 Å². The molecule has 1 aliphatic rings. The van der Waals surface area contributed by atoms with Gasteiger partial charge in [-0.15, -0.1) is 0 Å². The van der Waals surface area contributed by atoms with Crippen LogP contribution in [-0.2, 0) is 26.2 Å². The van der Waals surface area contributed by atoms with E-state index < -0.39 is 0 Å². The summed E-state index contributed by atoms with van der Waals surface area (Å²) >= 11 is 0. The van der Waals surface area contributed by atoms with Gasteiger partial charge in [0.1, 0.15) is 0 Å². The molecule has 0 saturated heterocycles. The van der Waals surface area contributed by atoms with Gasteiger partial charge < -0.3 is 10.1 Å². The Morgan fingerprint density at radius 3 is 2.96 bits per heavy atom. The molecule has 0 radical (unpaired) electrons. The Labute approximate surface area is 141 Å². The van der Waals surface area contributed by atoms with Crippen molar-refractivity contribution in [3.05, 3.63) is 52.5 Å². The minimum atomic E-state index is 0.0142. The lowest BCUT2D eigenvalue weighted by Crippen LogP contribution is -2.22. The van der Waals surface area contributed by atoms with Crippen molar-refractivity contribution in [2.45, 2.75) is 46.5 Å². The molecule has 0 spiro atoms. The van der Waals surface area contributed by atoms with Crippen LogP contribution in [0.5, 0.6) is 0 Å². The molecule has 1 aliphatic heterocycles. The summed E-state index contributed by atoms with van der Waals surface area (Å²) in [4.78, 5) is 6.03. The van der Waals surface area contributed by atoms with Gasteiger partial charge in [0.2, 0.25) is 0 Å².